The Kier molecular flexibility index (Phi) is 8.34. The van der Waals surface area contributed by atoms with Gasteiger partial charge in [0.15, 0.2) is 11.5 Å². The molecular formula is C32H35N3O5. The van der Waals surface area contributed by atoms with Crippen molar-refractivity contribution >= 4 is 29.1 Å². The zero-order valence-electron chi connectivity index (χ0n) is 22.9. The van der Waals surface area contributed by atoms with E-state index in [1.54, 1.807) is 36.4 Å². The highest BCUT2D eigenvalue weighted by Crippen LogP contribution is 2.35. The van der Waals surface area contributed by atoms with Crippen molar-refractivity contribution in [2.24, 2.45) is 0 Å². The van der Waals surface area contributed by atoms with Crippen LogP contribution < -0.4 is 25.0 Å². The molecule has 3 amide bonds. The Labute approximate surface area is 234 Å². The number of aryl methyl sites for hydroxylation is 1. The third kappa shape index (κ3) is 6.28. The third-order valence-corrected chi connectivity index (χ3v) is 7.34. The van der Waals surface area contributed by atoms with Gasteiger partial charge in [-0.3, -0.25) is 19.3 Å². The fraction of sp³-hybridized carbons (Fsp3) is 0.344. The van der Waals surface area contributed by atoms with Gasteiger partial charge >= 0.3 is 0 Å². The van der Waals surface area contributed by atoms with Crippen LogP contribution >= 0.6 is 0 Å². The van der Waals surface area contributed by atoms with Crippen LogP contribution in [-0.2, 0) is 14.4 Å². The van der Waals surface area contributed by atoms with Gasteiger partial charge in [0.2, 0.25) is 17.9 Å². The van der Waals surface area contributed by atoms with Gasteiger partial charge in [0.25, 0.3) is 5.91 Å². The lowest BCUT2D eigenvalue weighted by atomic mass is 9.94. The first-order valence-electron chi connectivity index (χ1n) is 13.8. The van der Waals surface area contributed by atoms with Crippen LogP contribution in [0.1, 0.15) is 56.2 Å². The number of carbonyl (C=O) groups excluding carboxylic acids is 3. The van der Waals surface area contributed by atoms with E-state index in [-0.39, 0.29) is 24.5 Å². The van der Waals surface area contributed by atoms with Gasteiger partial charge in [0, 0.05) is 24.3 Å². The molecule has 2 N–H and O–H groups in total. The Morgan fingerprint density at radius 2 is 1.55 bits per heavy atom. The maximum atomic E-state index is 14.3. The number of fused-ring (bicyclic) bond motifs is 1. The zero-order valence-corrected chi connectivity index (χ0v) is 22.9. The summed E-state index contributed by atoms with van der Waals surface area (Å²) in [5, 5.41) is 5.98. The molecule has 40 heavy (non-hydrogen) atoms. The van der Waals surface area contributed by atoms with Crippen molar-refractivity contribution < 1.29 is 23.9 Å². The molecule has 5 rings (SSSR count). The highest BCUT2D eigenvalue weighted by Gasteiger charge is 2.39. The summed E-state index contributed by atoms with van der Waals surface area (Å²) in [7, 11) is 0. The van der Waals surface area contributed by atoms with Crippen LogP contribution in [0.25, 0.3) is 0 Å². The first kappa shape index (κ1) is 27.2. The molecule has 1 saturated carbocycles. The number of nitrogens with zero attached hydrogens (tertiary/aromatic N) is 1. The number of ether oxygens (including phenoxy) is 2. The van der Waals surface area contributed by atoms with E-state index in [9.17, 15) is 14.4 Å². The predicted molar refractivity (Wildman–Crippen MR) is 154 cm³/mol. The van der Waals surface area contributed by atoms with Gasteiger partial charge in [-0.05, 0) is 61.7 Å². The Balaban J connectivity index is 1.54. The summed E-state index contributed by atoms with van der Waals surface area (Å²) in [5.74, 6) is 0.212. The minimum atomic E-state index is -0.958. The van der Waals surface area contributed by atoms with E-state index in [0.29, 0.717) is 28.4 Å². The van der Waals surface area contributed by atoms with E-state index in [0.717, 1.165) is 31.2 Å². The first-order chi connectivity index (χ1) is 19.4. The normalized spacial score (nSPS) is 17.4. The van der Waals surface area contributed by atoms with Gasteiger partial charge < -0.3 is 20.1 Å². The lowest BCUT2D eigenvalue weighted by Gasteiger charge is -2.36. The summed E-state index contributed by atoms with van der Waals surface area (Å²) < 4.78 is 12.0. The van der Waals surface area contributed by atoms with E-state index in [1.165, 1.54) is 18.2 Å². The second-order valence-electron chi connectivity index (χ2n) is 10.5. The number of hydrogen-bond donors (Lipinski definition) is 2. The van der Waals surface area contributed by atoms with Crippen LogP contribution in [0, 0.1) is 6.92 Å². The largest absolute Gasteiger partial charge is 0.485 e. The number of benzene rings is 3. The quantitative estimate of drug-likeness (QED) is 0.422. The minimum Gasteiger partial charge on any atom is -0.485 e. The van der Waals surface area contributed by atoms with Crippen molar-refractivity contribution in [1.29, 1.82) is 0 Å². The number of amides is 3. The highest BCUT2D eigenvalue weighted by atomic mass is 16.6. The molecule has 0 radical (unpaired) electrons. The molecule has 1 fully saturated rings. The summed E-state index contributed by atoms with van der Waals surface area (Å²) in [5.41, 5.74) is 2.84. The van der Waals surface area contributed by atoms with E-state index >= 15 is 0 Å². The van der Waals surface area contributed by atoms with E-state index in [1.807, 2.05) is 43.3 Å². The average Bonchev–Trinajstić information content (AvgIpc) is 2.96. The number of hydrogen-bond acceptors (Lipinski definition) is 5. The number of para-hydroxylation sites is 2. The van der Waals surface area contributed by atoms with Crippen LogP contribution in [-0.4, -0.2) is 36.5 Å². The van der Waals surface area contributed by atoms with Gasteiger partial charge in [-0.1, -0.05) is 61.2 Å². The summed E-state index contributed by atoms with van der Waals surface area (Å²) >= 11 is 0. The van der Waals surface area contributed by atoms with Crippen LogP contribution in [0.3, 0.4) is 0 Å². The molecule has 0 aromatic heterocycles. The van der Waals surface area contributed by atoms with Gasteiger partial charge in [-0.2, -0.15) is 0 Å². The van der Waals surface area contributed by atoms with Crippen molar-refractivity contribution in [2.75, 3.05) is 16.8 Å². The topological polar surface area (TPSA) is 97.0 Å². The molecule has 3 aromatic rings. The molecule has 2 atom stereocenters. The maximum absolute atomic E-state index is 14.3. The molecule has 2 aliphatic rings. The number of carbonyl (C=O) groups is 3. The SMILES string of the molecule is CC(=O)Nc1ccc(N(C(=O)[C@@H]2COc3ccccc3O2)[C@@H](C(=O)NC2CCCCC2)c2ccc(C)cc2)cc1. The molecule has 1 aliphatic heterocycles. The molecule has 0 spiro atoms. The lowest BCUT2D eigenvalue weighted by Crippen LogP contribution is -2.52. The Morgan fingerprint density at radius 3 is 2.23 bits per heavy atom. The van der Waals surface area contributed by atoms with Crippen molar-refractivity contribution in [1.82, 2.24) is 5.32 Å². The van der Waals surface area contributed by atoms with Gasteiger partial charge in [0.1, 0.15) is 12.6 Å². The monoisotopic (exact) mass is 541 g/mol. The van der Waals surface area contributed by atoms with Crippen LogP contribution in [0.15, 0.2) is 72.8 Å². The molecule has 1 aliphatic carbocycles. The molecule has 0 saturated heterocycles. The second kappa shape index (κ2) is 12.2. The molecular weight excluding hydrogens is 506 g/mol. The van der Waals surface area contributed by atoms with Crippen LogP contribution in [0.4, 0.5) is 11.4 Å². The number of nitrogens with one attached hydrogen (secondary N) is 2. The molecule has 208 valence electrons. The molecule has 8 heteroatoms. The number of rotatable bonds is 7. The summed E-state index contributed by atoms with van der Waals surface area (Å²) in [6, 6.07) is 20.9. The average molecular weight is 542 g/mol. The van der Waals surface area contributed by atoms with Crippen molar-refractivity contribution in [2.45, 2.75) is 64.1 Å². The van der Waals surface area contributed by atoms with Gasteiger partial charge in [-0.15, -0.1) is 0 Å². The fourth-order valence-electron chi connectivity index (χ4n) is 5.30. The van der Waals surface area contributed by atoms with E-state index < -0.39 is 18.1 Å². The zero-order chi connectivity index (χ0) is 28.1. The molecule has 1 heterocycles. The molecule has 0 bridgehead atoms. The highest BCUT2D eigenvalue weighted by molar-refractivity contribution is 6.04. The summed E-state index contributed by atoms with van der Waals surface area (Å²) in [6.45, 7) is 3.43. The maximum Gasteiger partial charge on any atom is 0.272 e. The third-order valence-electron chi connectivity index (χ3n) is 7.34. The van der Waals surface area contributed by atoms with Crippen molar-refractivity contribution in [3.63, 3.8) is 0 Å². The van der Waals surface area contributed by atoms with Gasteiger partial charge in [-0.25, -0.2) is 0 Å². The van der Waals surface area contributed by atoms with Crippen molar-refractivity contribution in [3.8, 4) is 11.5 Å². The van der Waals surface area contributed by atoms with Gasteiger partial charge in [0.05, 0.1) is 0 Å². The fourth-order valence-corrected chi connectivity index (χ4v) is 5.30. The Hall–Kier alpha value is -4.33. The first-order valence-corrected chi connectivity index (χ1v) is 13.8. The Morgan fingerprint density at radius 1 is 0.875 bits per heavy atom. The van der Waals surface area contributed by atoms with E-state index in [4.69, 9.17) is 9.47 Å². The van der Waals surface area contributed by atoms with Crippen LogP contribution in [0.5, 0.6) is 11.5 Å². The Bertz CT molecular complexity index is 1350. The smallest absolute Gasteiger partial charge is 0.272 e. The van der Waals surface area contributed by atoms with E-state index in [2.05, 4.69) is 10.6 Å². The lowest BCUT2D eigenvalue weighted by molar-refractivity contribution is -0.132. The summed E-state index contributed by atoms with van der Waals surface area (Å²) in [6.07, 6.45) is 4.18. The molecule has 0 unspecified atom stereocenters. The predicted octanol–water partition coefficient (Wildman–Crippen LogP) is 5.32. The molecule has 3 aromatic carbocycles. The standard InChI is InChI=1S/C32H35N3O5/c1-21-12-14-23(15-13-21)30(31(37)34-24-8-4-3-5-9-24)35(26-18-16-25(17-19-26)33-22(2)36)32(38)29-20-39-27-10-6-7-11-28(27)40-29/h6-7,10-19,24,29-30H,3-5,8-9,20H2,1-2H3,(H,33,36)(H,34,37)/t29-,30+/m0/s1. The second-order valence-corrected chi connectivity index (χ2v) is 10.5. The summed E-state index contributed by atoms with van der Waals surface area (Å²) in [4.78, 5) is 41.5. The molecule has 8 nitrogen and oxygen atoms in total. The number of anilines is 2. The van der Waals surface area contributed by atoms with Crippen LogP contribution in [0.2, 0.25) is 0 Å². The minimum absolute atomic E-state index is 0.0151. The van der Waals surface area contributed by atoms with Crippen molar-refractivity contribution in [3.05, 3.63) is 83.9 Å².